The number of aryl methyl sites for hydroxylation is 1. The lowest BCUT2D eigenvalue weighted by molar-refractivity contribution is 1.41. The molecule has 1 nitrogen and oxygen atoms in total. The van der Waals surface area contributed by atoms with Gasteiger partial charge in [-0.3, -0.25) is 4.98 Å². The summed E-state index contributed by atoms with van der Waals surface area (Å²) >= 11 is 2.34. The normalized spacial score (nSPS) is 11.1. The summed E-state index contributed by atoms with van der Waals surface area (Å²) in [5.74, 6) is 0. The summed E-state index contributed by atoms with van der Waals surface area (Å²) in [4.78, 5) is 4.81. The fourth-order valence-electron chi connectivity index (χ4n) is 4.56. The topological polar surface area (TPSA) is 12.9 Å². The first-order valence-corrected chi connectivity index (χ1v) is 13.1. The molecule has 0 aliphatic rings. The van der Waals surface area contributed by atoms with E-state index in [1.165, 1.54) is 48.1 Å². The minimum atomic E-state index is 1.01. The van der Waals surface area contributed by atoms with Crippen molar-refractivity contribution in [3.63, 3.8) is 0 Å². The number of benzene rings is 5. The summed E-state index contributed by atoms with van der Waals surface area (Å²) in [6.45, 7) is 2.12. The third-order valence-electron chi connectivity index (χ3n) is 6.68. The van der Waals surface area contributed by atoms with Gasteiger partial charge in [0.2, 0.25) is 0 Å². The zero-order chi connectivity index (χ0) is 24.5. The van der Waals surface area contributed by atoms with Crippen molar-refractivity contribution in [2.45, 2.75) is 6.92 Å². The first kappa shape index (κ1) is 22.7. The Morgan fingerprint density at radius 2 is 0.861 bits per heavy atom. The van der Waals surface area contributed by atoms with Crippen molar-refractivity contribution in [3.8, 4) is 44.5 Å². The number of hydrogen-bond acceptors (Lipinski definition) is 1. The molecular weight excluding hydrogens is 549 g/mol. The highest BCUT2D eigenvalue weighted by atomic mass is 127. The Hall–Kier alpha value is -3.76. The van der Waals surface area contributed by atoms with Crippen LogP contribution in [0.2, 0.25) is 0 Å². The van der Waals surface area contributed by atoms with Crippen LogP contribution >= 0.6 is 22.6 Å². The van der Waals surface area contributed by atoms with Crippen molar-refractivity contribution in [2.75, 3.05) is 0 Å². The highest BCUT2D eigenvalue weighted by Gasteiger charge is 2.06. The maximum Gasteiger partial charge on any atom is 0.0708 e. The maximum atomic E-state index is 4.81. The molecular formula is C34H24IN. The lowest BCUT2D eigenvalue weighted by atomic mass is 9.98. The second-order valence-electron chi connectivity index (χ2n) is 9.16. The Kier molecular flexibility index (Phi) is 6.12. The fourth-order valence-corrected chi connectivity index (χ4v) is 4.92. The van der Waals surface area contributed by atoms with Crippen LogP contribution in [0.5, 0.6) is 0 Å². The lowest BCUT2D eigenvalue weighted by Gasteiger charge is -2.09. The second kappa shape index (κ2) is 9.71. The molecule has 0 radical (unpaired) electrons. The summed E-state index contributed by atoms with van der Waals surface area (Å²) in [7, 11) is 0. The molecule has 0 saturated carbocycles. The molecule has 0 aliphatic heterocycles. The van der Waals surface area contributed by atoms with Crippen LogP contribution in [-0.2, 0) is 0 Å². The van der Waals surface area contributed by atoms with Crippen LogP contribution in [0.15, 0.2) is 128 Å². The highest BCUT2D eigenvalue weighted by Crippen LogP contribution is 2.30. The van der Waals surface area contributed by atoms with Crippen LogP contribution in [0, 0.1) is 10.5 Å². The van der Waals surface area contributed by atoms with Crippen molar-refractivity contribution in [2.24, 2.45) is 0 Å². The second-order valence-corrected chi connectivity index (χ2v) is 10.4. The van der Waals surface area contributed by atoms with Crippen molar-refractivity contribution in [1.82, 2.24) is 4.98 Å². The maximum absolute atomic E-state index is 4.81. The van der Waals surface area contributed by atoms with Gasteiger partial charge in [-0.25, -0.2) is 0 Å². The Morgan fingerprint density at radius 3 is 1.42 bits per heavy atom. The quantitative estimate of drug-likeness (QED) is 0.191. The van der Waals surface area contributed by atoms with Gasteiger partial charge >= 0.3 is 0 Å². The summed E-state index contributed by atoms with van der Waals surface area (Å²) < 4.78 is 1.25. The predicted molar refractivity (Wildman–Crippen MR) is 161 cm³/mol. The third kappa shape index (κ3) is 4.69. The molecule has 0 aliphatic carbocycles. The van der Waals surface area contributed by atoms with E-state index in [2.05, 4.69) is 151 Å². The molecule has 36 heavy (non-hydrogen) atoms. The summed E-state index contributed by atoms with van der Waals surface area (Å²) in [6, 6.07) is 43.6. The zero-order valence-corrected chi connectivity index (χ0v) is 22.1. The van der Waals surface area contributed by atoms with Crippen molar-refractivity contribution >= 4 is 33.5 Å². The Labute approximate surface area is 225 Å². The monoisotopic (exact) mass is 573 g/mol. The van der Waals surface area contributed by atoms with Crippen LogP contribution in [-0.4, -0.2) is 4.98 Å². The van der Waals surface area contributed by atoms with Gasteiger partial charge in [-0.2, -0.15) is 0 Å². The van der Waals surface area contributed by atoms with Crippen molar-refractivity contribution in [3.05, 3.63) is 137 Å². The van der Waals surface area contributed by atoms with E-state index in [1.807, 2.05) is 6.20 Å². The van der Waals surface area contributed by atoms with Gasteiger partial charge in [0.1, 0.15) is 0 Å². The first-order valence-electron chi connectivity index (χ1n) is 12.1. The molecule has 0 N–H and O–H groups in total. The van der Waals surface area contributed by atoms with E-state index in [9.17, 15) is 0 Å². The molecule has 0 saturated heterocycles. The number of aromatic nitrogens is 1. The lowest BCUT2D eigenvalue weighted by Crippen LogP contribution is -1.86. The fraction of sp³-hybridized carbons (Fsp3) is 0.0294. The van der Waals surface area contributed by atoms with E-state index >= 15 is 0 Å². The molecule has 0 unspecified atom stereocenters. The summed E-state index contributed by atoms with van der Waals surface area (Å²) in [6.07, 6.45) is 1.98. The number of rotatable bonds is 4. The Bertz CT molecular complexity index is 1520. The standard InChI is InChI=1S/C34H24IN/c1-23-2-4-24(5-3-23)25-8-12-29(13-9-25)32-20-31-15-14-30(21-34(31)36-22-32)28-10-6-26(7-11-28)27-16-18-33(35)19-17-27/h2-22H,1H3. The van der Waals surface area contributed by atoms with Crippen LogP contribution in [0.1, 0.15) is 5.56 Å². The van der Waals surface area contributed by atoms with Gasteiger partial charge < -0.3 is 0 Å². The molecule has 6 aromatic rings. The summed E-state index contributed by atoms with van der Waals surface area (Å²) in [5.41, 5.74) is 11.9. The minimum Gasteiger partial charge on any atom is -0.256 e. The molecule has 0 fully saturated rings. The van der Waals surface area contributed by atoms with E-state index in [0.29, 0.717) is 0 Å². The van der Waals surface area contributed by atoms with Gasteiger partial charge in [0.15, 0.2) is 0 Å². The SMILES string of the molecule is Cc1ccc(-c2ccc(-c3cnc4cc(-c5ccc(-c6ccc(I)cc6)cc5)ccc4c3)cc2)cc1. The van der Waals surface area contributed by atoms with Gasteiger partial charge in [-0.05, 0) is 92.7 Å². The Balaban J connectivity index is 1.25. The third-order valence-corrected chi connectivity index (χ3v) is 7.40. The van der Waals surface area contributed by atoms with Gasteiger partial charge in [-0.15, -0.1) is 0 Å². The molecule has 0 amide bonds. The molecule has 0 bridgehead atoms. The average molecular weight is 573 g/mol. The van der Waals surface area contributed by atoms with Gasteiger partial charge in [0.25, 0.3) is 0 Å². The highest BCUT2D eigenvalue weighted by molar-refractivity contribution is 14.1. The molecule has 6 rings (SSSR count). The average Bonchev–Trinajstić information content (AvgIpc) is 2.94. The van der Waals surface area contributed by atoms with E-state index in [0.717, 1.165) is 16.5 Å². The van der Waals surface area contributed by atoms with Crippen LogP contribution in [0.4, 0.5) is 0 Å². The predicted octanol–water partition coefficient (Wildman–Crippen LogP) is 9.82. The Morgan fingerprint density at radius 1 is 0.444 bits per heavy atom. The van der Waals surface area contributed by atoms with E-state index in [-0.39, 0.29) is 0 Å². The molecule has 5 aromatic carbocycles. The van der Waals surface area contributed by atoms with Gasteiger partial charge in [0, 0.05) is 20.7 Å². The van der Waals surface area contributed by atoms with Gasteiger partial charge in [0.05, 0.1) is 5.52 Å². The first-order chi connectivity index (χ1) is 17.6. The zero-order valence-electron chi connectivity index (χ0n) is 19.9. The van der Waals surface area contributed by atoms with E-state index in [4.69, 9.17) is 4.98 Å². The van der Waals surface area contributed by atoms with Gasteiger partial charge in [-0.1, -0.05) is 103 Å². The number of nitrogens with zero attached hydrogens (tertiary/aromatic N) is 1. The van der Waals surface area contributed by atoms with Crippen molar-refractivity contribution in [1.29, 1.82) is 0 Å². The van der Waals surface area contributed by atoms with E-state index in [1.54, 1.807) is 0 Å². The number of pyridine rings is 1. The smallest absolute Gasteiger partial charge is 0.0708 e. The molecule has 0 spiro atoms. The van der Waals surface area contributed by atoms with Crippen LogP contribution in [0.3, 0.4) is 0 Å². The number of fused-ring (bicyclic) bond motifs is 1. The number of hydrogen-bond donors (Lipinski definition) is 0. The minimum absolute atomic E-state index is 1.01. The summed E-state index contributed by atoms with van der Waals surface area (Å²) in [5, 5.41) is 1.15. The van der Waals surface area contributed by atoms with Crippen LogP contribution in [0.25, 0.3) is 55.4 Å². The van der Waals surface area contributed by atoms with Crippen molar-refractivity contribution < 1.29 is 0 Å². The van der Waals surface area contributed by atoms with Crippen LogP contribution < -0.4 is 0 Å². The van der Waals surface area contributed by atoms with E-state index < -0.39 is 0 Å². The molecule has 2 heteroatoms. The number of halogens is 1. The molecule has 1 heterocycles. The molecule has 172 valence electrons. The molecule has 0 atom stereocenters. The molecule has 1 aromatic heterocycles. The largest absolute Gasteiger partial charge is 0.256 e.